The maximum Gasteiger partial charge on any atom is 0.238 e. The minimum atomic E-state index is 0.0737. The maximum atomic E-state index is 12.4. The Morgan fingerprint density at radius 2 is 1.94 bits per heavy atom. The molecule has 1 amide bonds. The zero-order valence-corrected chi connectivity index (χ0v) is 19.3. The molecule has 1 fully saturated rings. The molecular formula is C25H23N7O3. The number of carbonyl (C=O) groups is 1. The highest BCUT2D eigenvalue weighted by Crippen LogP contribution is 2.39. The molecule has 0 spiro atoms. The molecule has 176 valence electrons. The summed E-state index contributed by atoms with van der Waals surface area (Å²) >= 11 is 0. The fourth-order valence-electron chi connectivity index (χ4n) is 4.58. The van der Waals surface area contributed by atoms with Gasteiger partial charge in [0.1, 0.15) is 30.2 Å². The molecule has 0 bridgehead atoms. The van der Waals surface area contributed by atoms with E-state index in [1.807, 2.05) is 48.0 Å². The number of anilines is 3. The summed E-state index contributed by atoms with van der Waals surface area (Å²) in [6.45, 7) is 0.484. The van der Waals surface area contributed by atoms with E-state index in [-0.39, 0.29) is 11.9 Å². The molecule has 1 saturated heterocycles. The highest BCUT2D eigenvalue weighted by atomic mass is 16.5. The van der Waals surface area contributed by atoms with E-state index in [9.17, 15) is 4.79 Å². The second-order valence-corrected chi connectivity index (χ2v) is 8.55. The average molecular weight is 470 g/mol. The normalized spacial score (nSPS) is 16.5. The van der Waals surface area contributed by atoms with Crippen LogP contribution in [0.2, 0.25) is 0 Å². The van der Waals surface area contributed by atoms with E-state index in [0.717, 1.165) is 28.9 Å². The molecule has 10 nitrogen and oxygen atoms in total. The van der Waals surface area contributed by atoms with E-state index in [1.165, 1.54) is 0 Å². The van der Waals surface area contributed by atoms with E-state index in [2.05, 4.69) is 25.5 Å². The van der Waals surface area contributed by atoms with Crippen LogP contribution in [-0.2, 0) is 11.8 Å². The van der Waals surface area contributed by atoms with Crippen molar-refractivity contribution < 1.29 is 14.3 Å². The van der Waals surface area contributed by atoms with Crippen molar-refractivity contribution in [2.24, 2.45) is 7.05 Å². The number of methoxy groups -OCH3 is 1. The molecule has 4 aromatic rings. The molecule has 1 N–H and O–H groups in total. The van der Waals surface area contributed by atoms with Gasteiger partial charge in [0.15, 0.2) is 5.82 Å². The molecule has 2 aliphatic heterocycles. The van der Waals surface area contributed by atoms with Gasteiger partial charge in [-0.1, -0.05) is 24.3 Å². The summed E-state index contributed by atoms with van der Waals surface area (Å²) in [6.07, 6.45) is 6.45. The van der Waals surface area contributed by atoms with Crippen LogP contribution in [0, 0.1) is 0 Å². The number of benzene rings is 1. The quantitative estimate of drug-likeness (QED) is 0.473. The van der Waals surface area contributed by atoms with Gasteiger partial charge in [-0.25, -0.2) is 9.97 Å². The second-order valence-electron chi connectivity index (χ2n) is 8.55. The van der Waals surface area contributed by atoms with Crippen molar-refractivity contribution in [2.75, 3.05) is 23.9 Å². The van der Waals surface area contributed by atoms with Crippen molar-refractivity contribution in [2.45, 2.75) is 18.9 Å². The summed E-state index contributed by atoms with van der Waals surface area (Å²) in [6, 6.07) is 11.8. The Hall–Kier alpha value is -4.47. The standard InChI is InChI=1S/C25H23N7O3/c1-31-14-28-30-24(31)16-5-3-15(4-6-16)19-12-26-22(10-21(19)34-2)29-17-9-20-25(27-11-17)35-13-18-7-8-23(33)32(18)20/h3-6,9-12,14,18H,7-8,13H2,1-2H3,(H,26,29)/t18-/m0/s1. The molecule has 0 radical (unpaired) electrons. The number of amides is 1. The zero-order valence-electron chi connectivity index (χ0n) is 19.3. The molecular weight excluding hydrogens is 446 g/mol. The number of fused-ring (bicyclic) bond motifs is 3. The van der Waals surface area contributed by atoms with Crippen LogP contribution in [-0.4, -0.2) is 50.4 Å². The van der Waals surface area contributed by atoms with Gasteiger partial charge in [-0.2, -0.15) is 0 Å². The number of carbonyl (C=O) groups excluding carboxylic acids is 1. The van der Waals surface area contributed by atoms with Gasteiger partial charge in [0.25, 0.3) is 0 Å². The first-order valence-electron chi connectivity index (χ1n) is 11.3. The summed E-state index contributed by atoms with van der Waals surface area (Å²) in [5.74, 6) is 2.66. The van der Waals surface area contributed by atoms with Gasteiger partial charge < -0.3 is 24.3 Å². The molecule has 10 heteroatoms. The van der Waals surface area contributed by atoms with Crippen molar-refractivity contribution in [1.82, 2.24) is 24.7 Å². The van der Waals surface area contributed by atoms with Crippen LogP contribution < -0.4 is 19.7 Å². The Morgan fingerprint density at radius 1 is 1.11 bits per heavy atom. The highest BCUT2D eigenvalue weighted by molar-refractivity contribution is 5.98. The lowest BCUT2D eigenvalue weighted by molar-refractivity contribution is -0.117. The molecule has 1 aromatic carbocycles. The zero-order chi connectivity index (χ0) is 23.9. The minimum Gasteiger partial charge on any atom is -0.496 e. The third-order valence-electron chi connectivity index (χ3n) is 6.35. The lowest BCUT2D eigenvalue weighted by Crippen LogP contribution is -2.40. The molecule has 0 saturated carbocycles. The number of pyridine rings is 2. The number of nitrogens with zero attached hydrogens (tertiary/aromatic N) is 6. The van der Waals surface area contributed by atoms with Crippen LogP contribution in [0.1, 0.15) is 12.8 Å². The molecule has 5 heterocycles. The topological polar surface area (TPSA) is 107 Å². The van der Waals surface area contributed by atoms with Crippen LogP contribution >= 0.6 is 0 Å². The fourth-order valence-corrected chi connectivity index (χ4v) is 4.58. The van der Waals surface area contributed by atoms with Crippen molar-refractivity contribution in [3.05, 3.63) is 55.1 Å². The van der Waals surface area contributed by atoms with Crippen LogP contribution in [0.5, 0.6) is 11.6 Å². The first-order valence-corrected chi connectivity index (χ1v) is 11.3. The van der Waals surface area contributed by atoms with Crippen molar-refractivity contribution in [3.8, 4) is 34.1 Å². The number of aromatic nitrogens is 5. The predicted octanol–water partition coefficient (Wildman–Crippen LogP) is 3.58. The summed E-state index contributed by atoms with van der Waals surface area (Å²) in [5, 5.41) is 11.4. The van der Waals surface area contributed by atoms with Gasteiger partial charge in [-0.05, 0) is 18.1 Å². The van der Waals surface area contributed by atoms with E-state index in [0.29, 0.717) is 41.8 Å². The molecule has 0 unspecified atom stereocenters. The Balaban J connectivity index is 1.26. The smallest absolute Gasteiger partial charge is 0.238 e. The minimum absolute atomic E-state index is 0.0737. The summed E-state index contributed by atoms with van der Waals surface area (Å²) in [7, 11) is 3.54. The lowest BCUT2D eigenvalue weighted by Gasteiger charge is -2.31. The Kier molecular flexibility index (Phi) is 5.05. The Labute approximate surface area is 201 Å². The number of aryl methyl sites for hydroxylation is 1. The van der Waals surface area contributed by atoms with Crippen molar-refractivity contribution in [3.63, 3.8) is 0 Å². The van der Waals surface area contributed by atoms with Crippen LogP contribution in [0.3, 0.4) is 0 Å². The van der Waals surface area contributed by atoms with E-state index in [4.69, 9.17) is 9.47 Å². The predicted molar refractivity (Wildman–Crippen MR) is 130 cm³/mol. The monoisotopic (exact) mass is 469 g/mol. The number of hydrogen-bond acceptors (Lipinski definition) is 8. The summed E-state index contributed by atoms with van der Waals surface area (Å²) < 4.78 is 13.3. The van der Waals surface area contributed by atoms with Gasteiger partial charge in [0, 0.05) is 36.9 Å². The first kappa shape index (κ1) is 21.1. The summed E-state index contributed by atoms with van der Waals surface area (Å²) in [5.41, 5.74) is 4.22. The van der Waals surface area contributed by atoms with Crippen LogP contribution in [0.15, 0.2) is 55.1 Å². The van der Waals surface area contributed by atoms with Crippen molar-refractivity contribution >= 4 is 23.1 Å². The number of nitrogens with one attached hydrogen (secondary N) is 1. The lowest BCUT2D eigenvalue weighted by atomic mass is 10.0. The average Bonchev–Trinajstić information content (AvgIpc) is 3.49. The second kappa shape index (κ2) is 8.39. The van der Waals surface area contributed by atoms with Gasteiger partial charge in [-0.15, -0.1) is 10.2 Å². The third kappa shape index (κ3) is 3.72. The SMILES string of the molecule is COc1cc(Nc2cnc3c(c2)N2C(=O)CC[C@H]2CO3)ncc1-c1ccc(-c2nncn2C)cc1. The fraction of sp³-hybridized carbons (Fsp3) is 0.240. The molecule has 2 aliphatic rings. The van der Waals surface area contributed by atoms with Gasteiger partial charge in [0.05, 0.1) is 25.0 Å². The largest absolute Gasteiger partial charge is 0.496 e. The molecule has 0 aliphatic carbocycles. The molecule has 6 rings (SSSR count). The molecule has 1 atom stereocenters. The Bertz CT molecular complexity index is 1420. The van der Waals surface area contributed by atoms with Gasteiger partial charge >= 0.3 is 0 Å². The van der Waals surface area contributed by atoms with E-state index in [1.54, 1.807) is 30.7 Å². The highest BCUT2D eigenvalue weighted by Gasteiger charge is 2.38. The number of hydrogen-bond donors (Lipinski definition) is 1. The maximum absolute atomic E-state index is 12.4. The van der Waals surface area contributed by atoms with E-state index < -0.39 is 0 Å². The van der Waals surface area contributed by atoms with Crippen molar-refractivity contribution in [1.29, 1.82) is 0 Å². The molecule has 3 aromatic heterocycles. The Morgan fingerprint density at radius 3 is 2.71 bits per heavy atom. The first-order chi connectivity index (χ1) is 17.1. The van der Waals surface area contributed by atoms with Crippen LogP contribution in [0.4, 0.5) is 17.2 Å². The third-order valence-corrected chi connectivity index (χ3v) is 6.35. The number of rotatable bonds is 5. The van der Waals surface area contributed by atoms with Gasteiger partial charge in [-0.3, -0.25) is 4.79 Å². The van der Waals surface area contributed by atoms with E-state index >= 15 is 0 Å². The summed E-state index contributed by atoms with van der Waals surface area (Å²) in [4.78, 5) is 23.2. The van der Waals surface area contributed by atoms with Crippen LogP contribution in [0.25, 0.3) is 22.5 Å². The van der Waals surface area contributed by atoms with Gasteiger partial charge in [0.2, 0.25) is 11.8 Å². The molecule has 35 heavy (non-hydrogen) atoms. The number of ether oxygens (including phenoxy) is 2.